The van der Waals surface area contributed by atoms with Crippen molar-refractivity contribution in [1.82, 2.24) is 0 Å². The highest BCUT2D eigenvalue weighted by Gasteiger charge is 2.34. The monoisotopic (exact) mass is 314 g/mol. The van der Waals surface area contributed by atoms with Crippen molar-refractivity contribution in [3.8, 4) is 0 Å². The minimum absolute atomic E-state index is 0.417. The van der Waals surface area contributed by atoms with Crippen LogP contribution in [0.25, 0.3) is 0 Å². The van der Waals surface area contributed by atoms with Gasteiger partial charge in [0.05, 0.1) is 12.8 Å². The van der Waals surface area contributed by atoms with Crippen LogP contribution >= 0.6 is 0 Å². The maximum atomic E-state index is 5.37. The number of rotatable bonds is 10. The third-order valence-electron chi connectivity index (χ3n) is 3.80. The summed E-state index contributed by atoms with van der Waals surface area (Å²) in [6.07, 6.45) is 0.833. The molecule has 0 aliphatic carbocycles. The largest absolute Gasteiger partial charge is 0.331 e. The molecular weight excluding hydrogens is 288 g/mol. The highest BCUT2D eigenvalue weighted by Crippen LogP contribution is 2.26. The normalized spacial score (nSPS) is 12.6. The smallest absolute Gasteiger partial charge is 0.286 e. The minimum atomic E-state index is -1.13. The van der Waals surface area contributed by atoms with Crippen molar-refractivity contribution in [1.29, 1.82) is 0 Å². The van der Waals surface area contributed by atoms with Crippen LogP contribution in [0.1, 0.15) is 11.1 Å². The van der Waals surface area contributed by atoms with E-state index in [1.807, 2.05) is 24.3 Å². The summed E-state index contributed by atoms with van der Waals surface area (Å²) in [5, 5.41) is 0. The molecule has 0 amide bonds. The van der Waals surface area contributed by atoms with Gasteiger partial charge in [0.1, 0.15) is 0 Å². The standard InChI is InChI=1S/C16H26O6/c1-17-15(18-2,19-3)11-13-9-7-8-10-14(13)12-16(20-4,21-5)22-6/h7-10H,11-12H2,1-6H3. The fourth-order valence-electron chi connectivity index (χ4n) is 2.30. The van der Waals surface area contributed by atoms with E-state index in [4.69, 9.17) is 28.4 Å². The molecule has 0 radical (unpaired) electrons. The van der Waals surface area contributed by atoms with E-state index in [9.17, 15) is 0 Å². The van der Waals surface area contributed by atoms with Crippen LogP contribution in [-0.4, -0.2) is 54.6 Å². The van der Waals surface area contributed by atoms with Crippen LogP contribution in [0.4, 0.5) is 0 Å². The zero-order chi connectivity index (χ0) is 16.6. The van der Waals surface area contributed by atoms with Gasteiger partial charge in [-0.05, 0) is 11.1 Å². The first-order valence-corrected chi connectivity index (χ1v) is 6.92. The van der Waals surface area contributed by atoms with E-state index < -0.39 is 11.9 Å². The predicted molar refractivity (Wildman–Crippen MR) is 81.4 cm³/mol. The van der Waals surface area contributed by atoms with Crippen LogP contribution < -0.4 is 0 Å². The fraction of sp³-hybridized carbons (Fsp3) is 0.625. The lowest BCUT2D eigenvalue weighted by molar-refractivity contribution is -0.353. The SMILES string of the molecule is COC(Cc1ccccc1CC(OC)(OC)OC)(OC)OC. The van der Waals surface area contributed by atoms with Crippen LogP contribution in [0, 0.1) is 0 Å². The molecule has 0 saturated heterocycles. The van der Waals surface area contributed by atoms with Crippen LogP contribution in [0.2, 0.25) is 0 Å². The van der Waals surface area contributed by atoms with Crippen LogP contribution in [0.15, 0.2) is 24.3 Å². The van der Waals surface area contributed by atoms with Crippen LogP contribution in [-0.2, 0) is 41.3 Å². The summed E-state index contributed by atoms with van der Waals surface area (Å²) in [4.78, 5) is 0. The van der Waals surface area contributed by atoms with E-state index in [0.717, 1.165) is 11.1 Å². The highest BCUT2D eigenvalue weighted by molar-refractivity contribution is 5.28. The van der Waals surface area contributed by atoms with Gasteiger partial charge >= 0.3 is 0 Å². The molecule has 6 nitrogen and oxygen atoms in total. The molecule has 0 heterocycles. The molecule has 0 unspecified atom stereocenters. The van der Waals surface area contributed by atoms with Crippen molar-refractivity contribution in [2.75, 3.05) is 42.7 Å². The molecule has 0 spiro atoms. The molecule has 0 aromatic heterocycles. The molecule has 1 aromatic carbocycles. The summed E-state index contributed by atoms with van der Waals surface area (Å²) in [6.45, 7) is 0. The summed E-state index contributed by atoms with van der Waals surface area (Å²) >= 11 is 0. The van der Waals surface area contributed by atoms with Crippen LogP contribution in [0.5, 0.6) is 0 Å². The maximum Gasteiger partial charge on any atom is 0.286 e. The van der Waals surface area contributed by atoms with Crippen molar-refractivity contribution in [3.63, 3.8) is 0 Å². The van der Waals surface area contributed by atoms with E-state index in [2.05, 4.69) is 0 Å². The molecule has 0 saturated carbocycles. The van der Waals surface area contributed by atoms with Gasteiger partial charge in [0.25, 0.3) is 11.9 Å². The minimum Gasteiger partial charge on any atom is -0.331 e. The summed E-state index contributed by atoms with van der Waals surface area (Å²) in [5.74, 6) is -2.27. The van der Waals surface area contributed by atoms with Gasteiger partial charge in [-0.1, -0.05) is 24.3 Å². The van der Waals surface area contributed by atoms with Crippen molar-refractivity contribution in [2.45, 2.75) is 24.8 Å². The Morgan fingerprint density at radius 3 is 1.09 bits per heavy atom. The van der Waals surface area contributed by atoms with Crippen molar-refractivity contribution >= 4 is 0 Å². The number of methoxy groups -OCH3 is 6. The average Bonchev–Trinajstić information content (AvgIpc) is 2.59. The Balaban J connectivity index is 3.09. The Kier molecular flexibility index (Phi) is 7.41. The topological polar surface area (TPSA) is 55.4 Å². The quantitative estimate of drug-likeness (QED) is 0.615. The van der Waals surface area contributed by atoms with Gasteiger partial charge in [0, 0.05) is 42.7 Å². The summed E-state index contributed by atoms with van der Waals surface area (Å²) in [6, 6.07) is 7.84. The van der Waals surface area contributed by atoms with E-state index in [1.54, 1.807) is 42.7 Å². The molecule has 0 bridgehead atoms. The van der Waals surface area contributed by atoms with Gasteiger partial charge in [0.2, 0.25) is 0 Å². The third-order valence-corrected chi connectivity index (χ3v) is 3.80. The fourth-order valence-corrected chi connectivity index (χ4v) is 2.30. The van der Waals surface area contributed by atoms with Gasteiger partial charge in [-0.2, -0.15) is 0 Å². The molecule has 0 N–H and O–H groups in total. The van der Waals surface area contributed by atoms with Gasteiger partial charge in [0.15, 0.2) is 0 Å². The molecule has 0 fully saturated rings. The lowest BCUT2D eigenvalue weighted by Crippen LogP contribution is -2.40. The molecule has 0 atom stereocenters. The molecule has 1 aromatic rings. The average molecular weight is 314 g/mol. The molecule has 1 rings (SSSR count). The second kappa shape index (κ2) is 8.57. The van der Waals surface area contributed by atoms with E-state index in [0.29, 0.717) is 12.8 Å². The summed E-state index contributed by atoms with van der Waals surface area (Å²) in [5.41, 5.74) is 1.98. The number of hydrogen-bond acceptors (Lipinski definition) is 6. The van der Waals surface area contributed by atoms with E-state index in [1.165, 1.54) is 0 Å². The first-order valence-electron chi connectivity index (χ1n) is 6.92. The third kappa shape index (κ3) is 4.25. The Bertz CT molecular complexity index is 382. The molecule has 126 valence electrons. The van der Waals surface area contributed by atoms with Crippen molar-refractivity contribution in [3.05, 3.63) is 35.4 Å². The second-order valence-electron chi connectivity index (χ2n) is 4.71. The molecule has 0 aliphatic heterocycles. The lowest BCUT2D eigenvalue weighted by atomic mass is 9.99. The Morgan fingerprint density at radius 2 is 0.864 bits per heavy atom. The molecule has 22 heavy (non-hydrogen) atoms. The second-order valence-corrected chi connectivity index (χ2v) is 4.71. The lowest BCUT2D eigenvalue weighted by Gasteiger charge is -2.32. The first kappa shape index (κ1) is 19.0. The summed E-state index contributed by atoms with van der Waals surface area (Å²) in [7, 11) is 9.25. The molecule has 6 heteroatoms. The highest BCUT2D eigenvalue weighted by atomic mass is 16.9. The van der Waals surface area contributed by atoms with E-state index >= 15 is 0 Å². The molecular formula is C16H26O6. The van der Waals surface area contributed by atoms with Gasteiger partial charge in [-0.25, -0.2) is 0 Å². The van der Waals surface area contributed by atoms with E-state index in [-0.39, 0.29) is 0 Å². The number of ether oxygens (including phenoxy) is 6. The Labute approximate surface area is 132 Å². The number of hydrogen-bond donors (Lipinski definition) is 0. The van der Waals surface area contributed by atoms with Gasteiger partial charge in [-0.3, -0.25) is 0 Å². The first-order chi connectivity index (χ1) is 10.5. The zero-order valence-electron chi connectivity index (χ0n) is 14.2. The van der Waals surface area contributed by atoms with Gasteiger partial charge in [-0.15, -0.1) is 0 Å². The van der Waals surface area contributed by atoms with Gasteiger partial charge < -0.3 is 28.4 Å². The zero-order valence-corrected chi connectivity index (χ0v) is 14.2. The predicted octanol–water partition coefficient (Wildman–Crippen LogP) is 1.96. The number of benzene rings is 1. The van der Waals surface area contributed by atoms with Crippen molar-refractivity contribution in [2.24, 2.45) is 0 Å². The van der Waals surface area contributed by atoms with Crippen molar-refractivity contribution < 1.29 is 28.4 Å². The Hall–Kier alpha value is -1.02. The van der Waals surface area contributed by atoms with Crippen LogP contribution in [0.3, 0.4) is 0 Å². The molecule has 0 aliphatic rings. The maximum absolute atomic E-state index is 5.37. The summed E-state index contributed by atoms with van der Waals surface area (Å²) < 4.78 is 32.2. The Morgan fingerprint density at radius 1 is 0.591 bits per heavy atom.